The van der Waals surface area contributed by atoms with Crippen LogP contribution in [0, 0.1) is 0 Å². The first kappa shape index (κ1) is 14.6. The first-order chi connectivity index (χ1) is 9.70. The average Bonchev–Trinajstić information content (AvgIpc) is 2.99. The van der Waals surface area contributed by atoms with Crippen molar-refractivity contribution < 1.29 is 4.79 Å². The molecule has 0 aliphatic carbocycles. The van der Waals surface area contributed by atoms with E-state index in [2.05, 4.69) is 41.5 Å². The van der Waals surface area contributed by atoms with Gasteiger partial charge in [-0.25, -0.2) is 0 Å². The molecule has 1 aromatic carbocycles. The number of nitrogens with zero attached hydrogens (tertiary/aromatic N) is 2. The van der Waals surface area contributed by atoms with Crippen molar-refractivity contribution >= 4 is 11.7 Å². The van der Waals surface area contributed by atoms with Crippen LogP contribution in [0.15, 0.2) is 29.3 Å². The molecular formula is C16H23N3O. The molecule has 4 heteroatoms. The van der Waals surface area contributed by atoms with Crippen LogP contribution < -0.4 is 5.32 Å². The van der Waals surface area contributed by atoms with Crippen molar-refractivity contribution in [3.05, 3.63) is 35.4 Å². The first-order valence-corrected chi connectivity index (χ1v) is 7.32. The van der Waals surface area contributed by atoms with Gasteiger partial charge in [-0.15, -0.1) is 0 Å². The van der Waals surface area contributed by atoms with E-state index in [0.29, 0.717) is 13.0 Å². The van der Waals surface area contributed by atoms with Crippen molar-refractivity contribution in [1.29, 1.82) is 0 Å². The molecule has 0 saturated carbocycles. The molecule has 0 atom stereocenters. The molecule has 4 nitrogen and oxygen atoms in total. The van der Waals surface area contributed by atoms with Gasteiger partial charge in [0.1, 0.15) is 5.84 Å². The zero-order chi connectivity index (χ0) is 14.4. The number of rotatable bonds is 6. The van der Waals surface area contributed by atoms with Crippen LogP contribution in [-0.4, -0.2) is 36.8 Å². The molecule has 1 aromatic rings. The summed E-state index contributed by atoms with van der Waals surface area (Å²) in [4.78, 5) is 18.1. The maximum absolute atomic E-state index is 11.9. The number of aliphatic imine (C=N–C) groups is 1. The lowest BCUT2D eigenvalue weighted by Crippen LogP contribution is -2.25. The Morgan fingerprint density at radius 2 is 2.10 bits per heavy atom. The lowest BCUT2D eigenvalue weighted by molar-refractivity contribution is -0.130. The fourth-order valence-corrected chi connectivity index (χ4v) is 2.24. The van der Waals surface area contributed by atoms with Crippen molar-refractivity contribution in [2.45, 2.75) is 32.7 Å². The Morgan fingerprint density at radius 1 is 1.35 bits per heavy atom. The van der Waals surface area contributed by atoms with Crippen LogP contribution in [0.1, 0.15) is 37.3 Å². The smallest absolute Gasteiger partial charge is 0.222 e. The Labute approximate surface area is 120 Å². The molecular weight excluding hydrogens is 250 g/mol. The molecule has 1 aliphatic heterocycles. The minimum Gasteiger partial charge on any atom is -0.368 e. The van der Waals surface area contributed by atoms with Crippen molar-refractivity contribution in [2.75, 3.05) is 20.1 Å². The van der Waals surface area contributed by atoms with E-state index < -0.39 is 0 Å². The summed E-state index contributed by atoms with van der Waals surface area (Å²) in [5.74, 6) is 1.20. The van der Waals surface area contributed by atoms with Gasteiger partial charge in [0, 0.05) is 32.1 Å². The van der Waals surface area contributed by atoms with Gasteiger partial charge in [-0.3, -0.25) is 9.79 Å². The summed E-state index contributed by atoms with van der Waals surface area (Å²) in [5, 5.41) is 3.26. The number of amides is 1. The minimum atomic E-state index is 0.220. The van der Waals surface area contributed by atoms with Gasteiger partial charge in [0.2, 0.25) is 5.91 Å². The van der Waals surface area contributed by atoms with E-state index in [0.717, 1.165) is 42.9 Å². The molecule has 0 fully saturated rings. The molecule has 2 rings (SSSR count). The largest absolute Gasteiger partial charge is 0.368 e. The summed E-state index contributed by atoms with van der Waals surface area (Å²) in [6, 6.07) is 8.27. The number of carbonyl (C=O) groups is 1. The first-order valence-electron chi connectivity index (χ1n) is 7.32. The molecule has 20 heavy (non-hydrogen) atoms. The summed E-state index contributed by atoms with van der Waals surface area (Å²) in [7, 11) is 1.87. The third-order valence-electron chi connectivity index (χ3n) is 3.49. The molecule has 1 N–H and O–H groups in total. The SMILES string of the molecule is CCCCC(=O)N(C)Cc1ccc(C2=NCCN2)cc1. The van der Waals surface area contributed by atoms with Crippen molar-refractivity contribution in [3.63, 3.8) is 0 Å². The fraction of sp³-hybridized carbons (Fsp3) is 0.500. The highest BCUT2D eigenvalue weighted by Gasteiger charge is 2.10. The normalized spacial score (nSPS) is 13.8. The van der Waals surface area contributed by atoms with Crippen molar-refractivity contribution in [1.82, 2.24) is 10.2 Å². The molecule has 1 heterocycles. The van der Waals surface area contributed by atoms with E-state index in [9.17, 15) is 4.79 Å². The highest BCUT2D eigenvalue weighted by atomic mass is 16.2. The van der Waals surface area contributed by atoms with E-state index >= 15 is 0 Å². The molecule has 108 valence electrons. The molecule has 1 aliphatic rings. The summed E-state index contributed by atoms with van der Waals surface area (Å²) < 4.78 is 0. The van der Waals surface area contributed by atoms with Gasteiger partial charge < -0.3 is 10.2 Å². The van der Waals surface area contributed by atoms with Gasteiger partial charge in [0.05, 0.1) is 6.54 Å². The Hall–Kier alpha value is -1.84. The maximum Gasteiger partial charge on any atom is 0.222 e. The molecule has 0 spiro atoms. The van der Waals surface area contributed by atoms with Gasteiger partial charge in [0.15, 0.2) is 0 Å². The second-order valence-electron chi connectivity index (χ2n) is 5.21. The molecule has 0 unspecified atom stereocenters. The predicted molar refractivity (Wildman–Crippen MR) is 81.8 cm³/mol. The Kier molecular flexibility index (Phi) is 5.16. The predicted octanol–water partition coefficient (Wildman–Crippen LogP) is 2.19. The Bertz CT molecular complexity index is 479. The number of benzene rings is 1. The van der Waals surface area contributed by atoms with E-state index in [4.69, 9.17) is 0 Å². The van der Waals surface area contributed by atoms with Gasteiger partial charge >= 0.3 is 0 Å². The fourth-order valence-electron chi connectivity index (χ4n) is 2.24. The number of unbranched alkanes of at least 4 members (excludes halogenated alkanes) is 1. The lowest BCUT2D eigenvalue weighted by atomic mass is 10.1. The topological polar surface area (TPSA) is 44.7 Å². The number of nitrogens with one attached hydrogen (secondary N) is 1. The van der Waals surface area contributed by atoms with Gasteiger partial charge in [-0.2, -0.15) is 0 Å². The summed E-state index contributed by atoms with van der Waals surface area (Å²) in [6.07, 6.45) is 2.67. The second kappa shape index (κ2) is 7.08. The minimum absolute atomic E-state index is 0.220. The van der Waals surface area contributed by atoms with E-state index in [1.165, 1.54) is 0 Å². The summed E-state index contributed by atoms with van der Waals surface area (Å²) in [5.41, 5.74) is 2.27. The molecule has 0 aromatic heterocycles. The number of carbonyl (C=O) groups excluding carboxylic acids is 1. The number of hydrogen-bond donors (Lipinski definition) is 1. The average molecular weight is 273 g/mol. The van der Waals surface area contributed by atoms with Gasteiger partial charge in [-0.1, -0.05) is 37.6 Å². The second-order valence-corrected chi connectivity index (χ2v) is 5.21. The number of amidine groups is 1. The van der Waals surface area contributed by atoms with Crippen LogP contribution in [0.2, 0.25) is 0 Å². The van der Waals surface area contributed by atoms with Crippen LogP contribution >= 0.6 is 0 Å². The maximum atomic E-state index is 11.9. The monoisotopic (exact) mass is 273 g/mol. The van der Waals surface area contributed by atoms with Gasteiger partial charge in [-0.05, 0) is 12.0 Å². The zero-order valence-corrected chi connectivity index (χ0v) is 12.4. The van der Waals surface area contributed by atoms with E-state index in [1.54, 1.807) is 4.90 Å². The van der Waals surface area contributed by atoms with Crippen LogP contribution in [0.25, 0.3) is 0 Å². The molecule has 0 bridgehead atoms. The van der Waals surface area contributed by atoms with Crippen LogP contribution in [-0.2, 0) is 11.3 Å². The lowest BCUT2D eigenvalue weighted by Gasteiger charge is -2.17. The molecule has 0 saturated heterocycles. The highest BCUT2D eigenvalue weighted by molar-refractivity contribution is 5.99. The highest BCUT2D eigenvalue weighted by Crippen LogP contribution is 2.10. The summed E-state index contributed by atoms with van der Waals surface area (Å²) >= 11 is 0. The molecule has 1 amide bonds. The molecule has 0 radical (unpaired) electrons. The van der Waals surface area contributed by atoms with Crippen LogP contribution in [0.3, 0.4) is 0 Å². The van der Waals surface area contributed by atoms with Gasteiger partial charge in [0.25, 0.3) is 0 Å². The quantitative estimate of drug-likeness (QED) is 0.863. The van der Waals surface area contributed by atoms with E-state index in [1.807, 2.05) is 7.05 Å². The van der Waals surface area contributed by atoms with E-state index in [-0.39, 0.29) is 5.91 Å². The Balaban J connectivity index is 1.91. The van der Waals surface area contributed by atoms with Crippen LogP contribution in [0.4, 0.5) is 0 Å². The van der Waals surface area contributed by atoms with Crippen molar-refractivity contribution in [3.8, 4) is 0 Å². The summed E-state index contributed by atoms with van der Waals surface area (Å²) in [6.45, 7) is 4.55. The third-order valence-corrected chi connectivity index (χ3v) is 3.49. The standard InChI is InChI=1S/C16H23N3O/c1-3-4-5-15(20)19(2)12-13-6-8-14(9-7-13)16-17-10-11-18-16/h6-9H,3-5,10-12H2,1-2H3,(H,17,18). The van der Waals surface area contributed by atoms with Crippen molar-refractivity contribution in [2.24, 2.45) is 4.99 Å². The third kappa shape index (κ3) is 3.83. The Morgan fingerprint density at radius 3 is 2.70 bits per heavy atom. The van der Waals surface area contributed by atoms with Crippen LogP contribution in [0.5, 0.6) is 0 Å². The zero-order valence-electron chi connectivity index (χ0n) is 12.4. The number of hydrogen-bond acceptors (Lipinski definition) is 3.